The summed E-state index contributed by atoms with van der Waals surface area (Å²) < 4.78 is 11.1. The predicted octanol–water partition coefficient (Wildman–Crippen LogP) is 4.25. The van der Waals surface area contributed by atoms with Gasteiger partial charge in [0.25, 0.3) is 0 Å². The highest BCUT2D eigenvalue weighted by molar-refractivity contribution is 9.10. The molecule has 0 heterocycles. The molecule has 0 fully saturated rings. The first-order chi connectivity index (χ1) is 10.2. The smallest absolute Gasteiger partial charge is 0.338 e. The van der Waals surface area contributed by atoms with Gasteiger partial charge in [0.05, 0.1) is 23.8 Å². The lowest BCUT2D eigenvalue weighted by atomic mass is 10.1. The van der Waals surface area contributed by atoms with Crippen molar-refractivity contribution in [1.82, 2.24) is 0 Å². The molecule has 2 rings (SSSR count). The van der Waals surface area contributed by atoms with Crippen molar-refractivity contribution in [2.24, 2.45) is 0 Å². The molecule has 0 unspecified atom stereocenters. The van der Waals surface area contributed by atoms with Gasteiger partial charge in [-0.3, -0.25) is 0 Å². The van der Waals surface area contributed by atoms with Gasteiger partial charge in [0.2, 0.25) is 0 Å². The number of ether oxygens (including phenoxy) is 2. The number of hydrogen-bond acceptors (Lipinski definition) is 3. The summed E-state index contributed by atoms with van der Waals surface area (Å²) >= 11 is 3.36. The van der Waals surface area contributed by atoms with Crippen molar-refractivity contribution in [3.63, 3.8) is 0 Å². The second-order valence-corrected chi connectivity index (χ2v) is 5.43. The van der Waals surface area contributed by atoms with Crippen LogP contribution in [0.15, 0.2) is 53.0 Å². The van der Waals surface area contributed by atoms with Crippen molar-refractivity contribution in [3.8, 4) is 5.75 Å². The van der Waals surface area contributed by atoms with Crippen LogP contribution in [0, 0.1) is 0 Å². The Bertz CT molecular complexity index is 596. The van der Waals surface area contributed by atoms with Crippen LogP contribution in [0.1, 0.15) is 22.3 Å². The number of carbonyl (C=O) groups is 1. The predicted molar refractivity (Wildman–Crippen MR) is 85.7 cm³/mol. The molecular weight excluding hydrogens is 332 g/mol. The van der Waals surface area contributed by atoms with Crippen molar-refractivity contribution in [3.05, 3.63) is 64.1 Å². The molecule has 0 bridgehead atoms. The number of hydrogen-bond donors (Lipinski definition) is 0. The Hall–Kier alpha value is -1.81. The van der Waals surface area contributed by atoms with Crippen molar-refractivity contribution in [2.75, 3.05) is 13.7 Å². The minimum atomic E-state index is -0.314. The van der Waals surface area contributed by atoms with Crippen LogP contribution in [0.25, 0.3) is 0 Å². The highest BCUT2D eigenvalue weighted by Gasteiger charge is 2.09. The largest absolute Gasteiger partial charge is 0.496 e. The Kier molecular flexibility index (Phi) is 5.81. The summed E-state index contributed by atoms with van der Waals surface area (Å²) in [4.78, 5) is 11.9. The fraction of sp³-hybridized carbons (Fsp3) is 0.235. The van der Waals surface area contributed by atoms with Gasteiger partial charge in [0.15, 0.2) is 0 Å². The summed E-state index contributed by atoms with van der Waals surface area (Å²) in [5.41, 5.74) is 1.77. The van der Waals surface area contributed by atoms with Gasteiger partial charge in [-0.2, -0.15) is 0 Å². The average molecular weight is 349 g/mol. The number of esters is 1. The van der Waals surface area contributed by atoms with Crippen LogP contribution in [0.5, 0.6) is 5.75 Å². The zero-order valence-corrected chi connectivity index (χ0v) is 13.4. The lowest BCUT2D eigenvalue weighted by Crippen LogP contribution is -2.07. The lowest BCUT2D eigenvalue weighted by Gasteiger charge is -2.07. The van der Waals surface area contributed by atoms with Crippen LogP contribution in [-0.2, 0) is 11.2 Å². The molecule has 0 aromatic heterocycles. The Morgan fingerprint density at radius 1 is 1.14 bits per heavy atom. The summed E-state index contributed by atoms with van der Waals surface area (Å²) in [6, 6.07) is 15.3. The van der Waals surface area contributed by atoms with Gasteiger partial charge >= 0.3 is 5.97 Å². The van der Waals surface area contributed by atoms with E-state index >= 15 is 0 Å². The molecule has 0 aliphatic carbocycles. The van der Waals surface area contributed by atoms with Gasteiger partial charge in [0, 0.05) is 0 Å². The SMILES string of the molecule is COc1ccc(C(=O)OCCCc2ccccc2)cc1Br. The number of rotatable bonds is 6. The maximum absolute atomic E-state index is 11.9. The van der Waals surface area contributed by atoms with Crippen LogP contribution < -0.4 is 4.74 Å². The summed E-state index contributed by atoms with van der Waals surface area (Å²) in [5, 5.41) is 0. The molecule has 0 N–H and O–H groups in total. The number of aryl methyl sites for hydroxylation is 1. The standard InChI is InChI=1S/C17H17BrO3/c1-20-16-10-9-14(12-15(16)18)17(19)21-11-5-8-13-6-3-2-4-7-13/h2-4,6-7,9-10,12H,5,8,11H2,1H3. The maximum Gasteiger partial charge on any atom is 0.338 e. The number of benzene rings is 2. The zero-order chi connectivity index (χ0) is 15.1. The van der Waals surface area contributed by atoms with Crippen LogP contribution in [0.3, 0.4) is 0 Å². The molecule has 2 aromatic carbocycles. The van der Waals surface area contributed by atoms with Gasteiger partial charge in [-0.05, 0) is 52.5 Å². The quantitative estimate of drug-likeness (QED) is 0.578. The highest BCUT2D eigenvalue weighted by atomic mass is 79.9. The highest BCUT2D eigenvalue weighted by Crippen LogP contribution is 2.25. The first-order valence-electron chi connectivity index (χ1n) is 6.75. The molecule has 2 aromatic rings. The van der Waals surface area contributed by atoms with Crippen molar-refractivity contribution in [2.45, 2.75) is 12.8 Å². The minimum absolute atomic E-state index is 0.314. The van der Waals surface area contributed by atoms with E-state index in [9.17, 15) is 4.79 Å². The van der Waals surface area contributed by atoms with E-state index in [0.29, 0.717) is 17.9 Å². The Labute approximate surface area is 133 Å². The Morgan fingerprint density at radius 3 is 2.57 bits per heavy atom. The van der Waals surface area contributed by atoms with E-state index in [1.807, 2.05) is 18.2 Å². The molecule has 110 valence electrons. The van der Waals surface area contributed by atoms with Crippen molar-refractivity contribution >= 4 is 21.9 Å². The molecule has 0 radical (unpaired) electrons. The summed E-state index contributed by atoms with van der Waals surface area (Å²) in [6.45, 7) is 0.414. The molecule has 0 aliphatic heterocycles. The lowest BCUT2D eigenvalue weighted by molar-refractivity contribution is 0.0500. The molecule has 0 saturated carbocycles. The maximum atomic E-state index is 11.9. The van der Waals surface area contributed by atoms with E-state index in [2.05, 4.69) is 28.1 Å². The van der Waals surface area contributed by atoms with E-state index in [-0.39, 0.29) is 5.97 Å². The molecular formula is C17H17BrO3. The van der Waals surface area contributed by atoms with Gasteiger partial charge in [-0.15, -0.1) is 0 Å². The first kappa shape index (κ1) is 15.6. The minimum Gasteiger partial charge on any atom is -0.496 e. The summed E-state index contributed by atoms with van der Waals surface area (Å²) in [6.07, 6.45) is 1.72. The summed E-state index contributed by atoms with van der Waals surface area (Å²) in [7, 11) is 1.58. The monoisotopic (exact) mass is 348 g/mol. The second-order valence-electron chi connectivity index (χ2n) is 4.57. The third kappa shape index (κ3) is 4.60. The van der Waals surface area contributed by atoms with Crippen molar-refractivity contribution < 1.29 is 14.3 Å². The van der Waals surface area contributed by atoms with Gasteiger partial charge in [-0.1, -0.05) is 30.3 Å². The van der Waals surface area contributed by atoms with Gasteiger partial charge < -0.3 is 9.47 Å². The Morgan fingerprint density at radius 2 is 1.90 bits per heavy atom. The first-order valence-corrected chi connectivity index (χ1v) is 7.54. The van der Waals surface area contributed by atoms with E-state index < -0.39 is 0 Å². The fourth-order valence-corrected chi connectivity index (χ4v) is 2.50. The third-order valence-corrected chi connectivity index (χ3v) is 3.69. The van der Waals surface area contributed by atoms with E-state index in [4.69, 9.17) is 9.47 Å². The number of carbonyl (C=O) groups excluding carboxylic acids is 1. The molecule has 0 amide bonds. The van der Waals surface area contributed by atoms with E-state index in [1.54, 1.807) is 25.3 Å². The second kappa shape index (κ2) is 7.84. The van der Waals surface area contributed by atoms with Crippen LogP contribution >= 0.6 is 15.9 Å². The van der Waals surface area contributed by atoms with Crippen LogP contribution in [0.2, 0.25) is 0 Å². The van der Waals surface area contributed by atoms with E-state index in [0.717, 1.165) is 17.3 Å². The normalized spacial score (nSPS) is 10.2. The Balaban J connectivity index is 1.80. The van der Waals surface area contributed by atoms with Crippen molar-refractivity contribution in [1.29, 1.82) is 0 Å². The van der Waals surface area contributed by atoms with E-state index in [1.165, 1.54) is 5.56 Å². The molecule has 21 heavy (non-hydrogen) atoms. The van der Waals surface area contributed by atoms with Gasteiger partial charge in [0.1, 0.15) is 5.75 Å². The molecule has 3 nitrogen and oxygen atoms in total. The fourth-order valence-electron chi connectivity index (χ4n) is 1.96. The van der Waals surface area contributed by atoms with Crippen LogP contribution in [0.4, 0.5) is 0 Å². The topological polar surface area (TPSA) is 35.5 Å². The zero-order valence-electron chi connectivity index (χ0n) is 11.8. The molecule has 0 atom stereocenters. The molecule has 4 heteroatoms. The third-order valence-electron chi connectivity index (χ3n) is 3.07. The number of halogens is 1. The molecule has 0 saturated heterocycles. The number of methoxy groups -OCH3 is 1. The average Bonchev–Trinajstić information content (AvgIpc) is 2.52. The van der Waals surface area contributed by atoms with Crippen LogP contribution in [-0.4, -0.2) is 19.7 Å². The summed E-state index contributed by atoms with van der Waals surface area (Å²) in [5.74, 6) is 0.377. The van der Waals surface area contributed by atoms with Gasteiger partial charge in [-0.25, -0.2) is 4.79 Å². The molecule has 0 aliphatic rings. The molecule has 0 spiro atoms.